The van der Waals surface area contributed by atoms with Gasteiger partial charge in [-0.2, -0.15) is 5.10 Å². The summed E-state index contributed by atoms with van der Waals surface area (Å²) in [5.74, 6) is 0.628. The molecule has 0 aliphatic carbocycles. The Morgan fingerprint density at radius 3 is 2.81 bits per heavy atom. The number of carbonyl (C=O) groups excluding carboxylic acids is 1. The van der Waals surface area contributed by atoms with E-state index in [1.165, 1.54) is 13.4 Å². The SMILES string of the molecule is COCCNc1ncnn2c(-c3cnc(OC)c(C(=O)NC4=CN(Cc5ccccc5)NC4)c3)ccc12. The molecule has 11 heteroatoms. The number of hydrogen-bond acceptors (Lipinski definition) is 9. The molecule has 0 bridgehead atoms. The van der Waals surface area contributed by atoms with Crippen molar-refractivity contribution in [3.63, 3.8) is 0 Å². The molecule has 37 heavy (non-hydrogen) atoms. The van der Waals surface area contributed by atoms with Crippen LogP contribution in [0.2, 0.25) is 0 Å². The van der Waals surface area contributed by atoms with E-state index >= 15 is 0 Å². The second kappa shape index (κ2) is 11.1. The van der Waals surface area contributed by atoms with Crippen LogP contribution in [0.4, 0.5) is 5.82 Å². The number of nitrogens with one attached hydrogen (secondary N) is 3. The number of rotatable bonds is 10. The van der Waals surface area contributed by atoms with E-state index < -0.39 is 0 Å². The Morgan fingerprint density at radius 2 is 2.00 bits per heavy atom. The lowest BCUT2D eigenvalue weighted by atomic mass is 10.1. The van der Waals surface area contributed by atoms with E-state index in [1.807, 2.05) is 41.5 Å². The molecule has 0 saturated carbocycles. The molecule has 0 radical (unpaired) electrons. The summed E-state index contributed by atoms with van der Waals surface area (Å²) in [6, 6.07) is 15.7. The Bertz CT molecular complexity index is 1420. The van der Waals surface area contributed by atoms with Gasteiger partial charge in [0, 0.05) is 31.6 Å². The zero-order chi connectivity index (χ0) is 25.6. The van der Waals surface area contributed by atoms with E-state index in [9.17, 15) is 4.79 Å². The molecule has 0 unspecified atom stereocenters. The summed E-state index contributed by atoms with van der Waals surface area (Å²) >= 11 is 0. The fourth-order valence-electron chi connectivity index (χ4n) is 4.12. The van der Waals surface area contributed by atoms with Crippen molar-refractivity contribution in [2.75, 3.05) is 39.2 Å². The van der Waals surface area contributed by atoms with Gasteiger partial charge in [-0.3, -0.25) is 4.79 Å². The van der Waals surface area contributed by atoms with Crippen molar-refractivity contribution >= 4 is 17.2 Å². The summed E-state index contributed by atoms with van der Waals surface area (Å²) in [5, 5.41) is 12.6. The molecular weight excluding hydrogens is 472 g/mol. The van der Waals surface area contributed by atoms with E-state index in [0.29, 0.717) is 37.6 Å². The highest BCUT2D eigenvalue weighted by molar-refractivity contribution is 5.98. The van der Waals surface area contributed by atoms with Crippen LogP contribution < -0.4 is 20.8 Å². The molecule has 1 aliphatic rings. The van der Waals surface area contributed by atoms with Crippen LogP contribution >= 0.6 is 0 Å². The maximum Gasteiger partial charge on any atom is 0.261 e. The maximum absolute atomic E-state index is 13.3. The zero-order valence-corrected chi connectivity index (χ0v) is 20.6. The first-order chi connectivity index (χ1) is 18.2. The number of carbonyl (C=O) groups is 1. The topological polar surface area (TPSA) is 118 Å². The number of amides is 1. The van der Waals surface area contributed by atoms with Gasteiger partial charge in [0.05, 0.1) is 38.2 Å². The van der Waals surface area contributed by atoms with Gasteiger partial charge >= 0.3 is 0 Å². The first-order valence-corrected chi connectivity index (χ1v) is 11.8. The largest absolute Gasteiger partial charge is 0.480 e. The lowest BCUT2D eigenvalue weighted by molar-refractivity contribution is 0.0962. The third kappa shape index (κ3) is 5.37. The highest BCUT2D eigenvalue weighted by Crippen LogP contribution is 2.27. The van der Waals surface area contributed by atoms with Crippen LogP contribution in [-0.2, 0) is 11.3 Å². The lowest BCUT2D eigenvalue weighted by Crippen LogP contribution is -2.30. The fraction of sp³-hybridized carbons (Fsp3) is 0.231. The van der Waals surface area contributed by atoms with Crippen LogP contribution in [-0.4, -0.2) is 64.4 Å². The molecule has 1 aliphatic heterocycles. The number of anilines is 1. The van der Waals surface area contributed by atoms with Gasteiger partial charge in [-0.25, -0.2) is 19.9 Å². The van der Waals surface area contributed by atoms with Crippen LogP contribution in [0.25, 0.3) is 16.8 Å². The molecule has 3 N–H and O–H groups in total. The number of ether oxygens (including phenoxy) is 2. The Morgan fingerprint density at radius 1 is 1.14 bits per heavy atom. The highest BCUT2D eigenvalue weighted by atomic mass is 16.5. The molecule has 11 nitrogen and oxygen atoms in total. The number of hydrogen-bond donors (Lipinski definition) is 3. The Balaban J connectivity index is 1.36. The number of benzene rings is 1. The summed E-state index contributed by atoms with van der Waals surface area (Å²) in [7, 11) is 3.15. The van der Waals surface area contributed by atoms with E-state index in [-0.39, 0.29) is 11.8 Å². The van der Waals surface area contributed by atoms with Gasteiger partial charge in [0.15, 0.2) is 5.82 Å². The van der Waals surface area contributed by atoms with Crippen LogP contribution in [0.3, 0.4) is 0 Å². The van der Waals surface area contributed by atoms with Gasteiger partial charge < -0.3 is 25.1 Å². The van der Waals surface area contributed by atoms with Crippen molar-refractivity contribution in [2.24, 2.45) is 0 Å². The first kappa shape index (κ1) is 24.2. The summed E-state index contributed by atoms with van der Waals surface area (Å²) in [4.78, 5) is 22.0. The van der Waals surface area contributed by atoms with E-state index in [2.05, 4.69) is 43.3 Å². The normalized spacial score (nSPS) is 13.0. The molecule has 0 atom stereocenters. The average Bonchev–Trinajstić information content (AvgIpc) is 3.56. The molecule has 1 amide bonds. The molecule has 0 saturated heterocycles. The average molecular weight is 501 g/mol. The highest BCUT2D eigenvalue weighted by Gasteiger charge is 2.20. The molecule has 5 rings (SSSR count). The maximum atomic E-state index is 13.3. The number of aromatic nitrogens is 4. The van der Waals surface area contributed by atoms with Gasteiger partial charge in [-0.1, -0.05) is 30.3 Å². The quantitative estimate of drug-likeness (QED) is 0.282. The van der Waals surface area contributed by atoms with Crippen molar-refractivity contribution in [1.29, 1.82) is 0 Å². The number of fused-ring (bicyclic) bond motifs is 1. The number of pyridine rings is 1. The zero-order valence-electron chi connectivity index (χ0n) is 20.6. The Kier molecular flexibility index (Phi) is 7.24. The van der Waals surface area contributed by atoms with E-state index in [0.717, 1.165) is 28.0 Å². The summed E-state index contributed by atoms with van der Waals surface area (Å²) in [6.07, 6.45) is 5.04. The van der Waals surface area contributed by atoms with Crippen LogP contribution in [0.1, 0.15) is 15.9 Å². The minimum atomic E-state index is -0.307. The van der Waals surface area contributed by atoms with Crippen molar-refractivity contribution in [3.05, 3.63) is 84.1 Å². The standard InChI is InChI=1S/C26H28N8O3/c1-36-11-10-27-24-23-9-8-22(34(23)31-17-29-24)19-12-21(26(37-2)28-13-19)25(35)32-20-14-30-33(16-20)15-18-6-4-3-5-7-18/h3-9,12-13,16-17,30H,10-11,14-15H2,1-2H3,(H,32,35)(H,27,29,31). The number of hydrazine groups is 1. The van der Waals surface area contributed by atoms with Crippen molar-refractivity contribution in [1.82, 2.24) is 35.3 Å². The monoisotopic (exact) mass is 500 g/mol. The molecule has 0 fully saturated rings. The predicted molar refractivity (Wildman–Crippen MR) is 139 cm³/mol. The minimum absolute atomic E-state index is 0.242. The van der Waals surface area contributed by atoms with Gasteiger partial charge in [0.1, 0.15) is 17.4 Å². The number of methoxy groups -OCH3 is 2. The molecule has 4 aromatic rings. The lowest BCUT2D eigenvalue weighted by Gasteiger charge is -2.15. The van der Waals surface area contributed by atoms with Gasteiger partial charge in [0.2, 0.25) is 5.88 Å². The van der Waals surface area contributed by atoms with Crippen LogP contribution in [0, 0.1) is 0 Å². The Labute approximate surface area is 214 Å². The van der Waals surface area contributed by atoms with E-state index in [1.54, 1.807) is 23.9 Å². The second-order valence-electron chi connectivity index (χ2n) is 8.38. The van der Waals surface area contributed by atoms with Crippen LogP contribution in [0.15, 0.2) is 73.0 Å². The summed E-state index contributed by atoms with van der Waals surface area (Å²) in [5.41, 5.74) is 7.80. The first-order valence-electron chi connectivity index (χ1n) is 11.8. The molecule has 3 aromatic heterocycles. The van der Waals surface area contributed by atoms with Crippen LogP contribution in [0.5, 0.6) is 5.88 Å². The molecular formula is C26H28N8O3. The smallest absolute Gasteiger partial charge is 0.261 e. The third-order valence-electron chi connectivity index (χ3n) is 5.89. The molecule has 0 spiro atoms. The van der Waals surface area contributed by atoms with Gasteiger partial charge in [-0.05, 0) is 23.8 Å². The molecule has 190 valence electrons. The minimum Gasteiger partial charge on any atom is -0.480 e. The molecule has 4 heterocycles. The fourth-order valence-corrected chi connectivity index (χ4v) is 4.12. The summed E-state index contributed by atoms with van der Waals surface area (Å²) < 4.78 is 12.3. The van der Waals surface area contributed by atoms with Crippen molar-refractivity contribution in [3.8, 4) is 17.1 Å². The second-order valence-corrected chi connectivity index (χ2v) is 8.38. The Hall–Kier alpha value is -4.48. The predicted octanol–water partition coefficient (Wildman–Crippen LogP) is 2.45. The third-order valence-corrected chi connectivity index (χ3v) is 5.89. The van der Waals surface area contributed by atoms with Crippen molar-refractivity contribution in [2.45, 2.75) is 6.54 Å². The molecule has 1 aromatic carbocycles. The van der Waals surface area contributed by atoms with Crippen molar-refractivity contribution < 1.29 is 14.3 Å². The van der Waals surface area contributed by atoms with Gasteiger partial charge in [-0.15, -0.1) is 0 Å². The summed E-state index contributed by atoms with van der Waals surface area (Å²) in [6.45, 7) is 2.37. The number of nitrogens with zero attached hydrogens (tertiary/aromatic N) is 5. The van der Waals surface area contributed by atoms with Gasteiger partial charge in [0.25, 0.3) is 5.91 Å². The van der Waals surface area contributed by atoms with E-state index in [4.69, 9.17) is 9.47 Å².